The lowest BCUT2D eigenvalue weighted by Gasteiger charge is -2.07. The van der Waals surface area contributed by atoms with Crippen molar-refractivity contribution in [3.8, 4) is 0 Å². The number of hydrogen-bond acceptors (Lipinski definition) is 4. The molecule has 1 atom stereocenters. The molecule has 0 bridgehead atoms. The summed E-state index contributed by atoms with van der Waals surface area (Å²) in [5, 5.41) is 6.33. The summed E-state index contributed by atoms with van der Waals surface area (Å²) in [6.45, 7) is 2.49. The van der Waals surface area contributed by atoms with E-state index >= 15 is 0 Å². The maximum atomic E-state index is 12.2. The third-order valence-corrected chi connectivity index (χ3v) is 5.09. The molecule has 2 aromatic rings. The fourth-order valence-corrected chi connectivity index (χ4v) is 3.19. The van der Waals surface area contributed by atoms with Gasteiger partial charge in [-0.05, 0) is 24.1 Å². The molecule has 0 aliphatic carbocycles. The van der Waals surface area contributed by atoms with Gasteiger partial charge in [0, 0.05) is 11.9 Å². The van der Waals surface area contributed by atoms with E-state index in [-0.39, 0.29) is 11.9 Å². The maximum Gasteiger partial charge on any atom is 0.271 e. The highest BCUT2D eigenvalue weighted by atomic mass is 35.5. The predicted octanol–water partition coefficient (Wildman–Crippen LogP) is 4.57. The second kappa shape index (κ2) is 8.64. The van der Waals surface area contributed by atoms with Gasteiger partial charge >= 0.3 is 0 Å². The second-order valence-corrected chi connectivity index (χ2v) is 6.95. The number of amides is 1. The van der Waals surface area contributed by atoms with Crippen LogP contribution in [0.25, 0.3) is 0 Å². The summed E-state index contributed by atoms with van der Waals surface area (Å²) in [4.78, 5) is 16.5. The van der Waals surface area contributed by atoms with Crippen molar-refractivity contribution in [1.29, 1.82) is 0 Å². The van der Waals surface area contributed by atoms with Crippen LogP contribution in [-0.2, 0) is 6.54 Å². The fourth-order valence-electron chi connectivity index (χ4n) is 2.03. The normalized spacial score (nSPS) is 12.2. The maximum absolute atomic E-state index is 12.2. The molecule has 124 valence electrons. The van der Waals surface area contributed by atoms with Crippen LogP contribution in [0.4, 0.5) is 0 Å². The van der Waals surface area contributed by atoms with Crippen LogP contribution in [0.1, 0.15) is 53.3 Å². The van der Waals surface area contributed by atoms with Crippen molar-refractivity contribution in [2.45, 2.75) is 38.8 Å². The number of nitrogens with two attached hydrogens (primary N) is 1. The van der Waals surface area contributed by atoms with Crippen molar-refractivity contribution in [3.63, 3.8) is 0 Å². The first-order valence-corrected chi connectivity index (χ1v) is 9.08. The summed E-state index contributed by atoms with van der Waals surface area (Å²) < 4.78 is 0. The molecule has 0 aliphatic heterocycles. The smallest absolute Gasteiger partial charge is 0.271 e. The standard InChI is InChI=1S/C16H19Cl2N3OS/c1-2-3-4-13(19)16-21-14(9-23-16)15(22)20-8-10-5-6-11(17)12(18)7-10/h5-7,9,13H,2-4,8,19H2,1H3,(H,20,22). The molecule has 0 aliphatic rings. The Morgan fingerprint density at radius 1 is 1.39 bits per heavy atom. The minimum Gasteiger partial charge on any atom is -0.347 e. The molecule has 1 aromatic carbocycles. The zero-order valence-electron chi connectivity index (χ0n) is 12.8. The molecule has 0 saturated carbocycles. The SMILES string of the molecule is CCCCC(N)c1nc(C(=O)NCc2ccc(Cl)c(Cl)c2)cs1. The fraction of sp³-hybridized carbons (Fsp3) is 0.375. The molecule has 0 saturated heterocycles. The third-order valence-electron chi connectivity index (χ3n) is 3.38. The summed E-state index contributed by atoms with van der Waals surface area (Å²) >= 11 is 13.3. The third kappa shape index (κ3) is 5.18. The first kappa shape index (κ1) is 18.2. The molecule has 0 radical (unpaired) electrons. The highest BCUT2D eigenvalue weighted by Crippen LogP contribution is 2.23. The number of nitrogens with zero attached hydrogens (tertiary/aromatic N) is 1. The summed E-state index contributed by atoms with van der Waals surface area (Å²) in [6, 6.07) is 5.16. The van der Waals surface area contributed by atoms with Crippen molar-refractivity contribution >= 4 is 40.4 Å². The van der Waals surface area contributed by atoms with Crippen molar-refractivity contribution in [1.82, 2.24) is 10.3 Å². The number of nitrogens with one attached hydrogen (secondary N) is 1. The highest BCUT2D eigenvalue weighted by molar-refractivity contribution is 7.09. The van der Waals surface area contributed by atoms with Crippen LogP contribution in [0, 0.1) is 0 Å². The summed E-state index contributed by atoms with van der Waals surface area (Å²) in [7, 11) is 0. The number of unbranched alkanes of at least 4 members (excludes halogenated alkanes) is 1. The highest BCUT2D eigenvalue weighted by Gasteiger charge is 2.15. The minimum atomic E-state index is -0.221. The summed E-state index contributed by atoms with van der Waals surface area (Å²) in [5.74, 6) is -0.221. The second-order valence-electron chi connectivity index (χ2n) is 5.25. The number of rotatable bonds is 7. The van der Waals surface area contributed by atoms with Gasteiger partial charge in [0.15, 0.2) is 0 Å². The molecule has 1 aromatic heterocycles. The number of aromatic nitrogens is 1. The molecule has 4 nitrogen and oxygen atoms in total. The number of carbonyl (C=O) groups is 1. The van der Waals surface area contributed by atoms with E-state index in [1.54, 1.807) is 17.5 Å². The zero-order valence-corrected chi connectivity index (χ0v) is 15.1. The lowest BCUT2D eigenvalue weighted by atomic mass is 10.1. The zero-order chi connectivity index (χ0) is 16.8. The Morgan fingerprint density at radius 2 is 2.17 bits per heavy atom. The van der Waals surface area contributed by atoms with Gasteiger partial charge in [0.25, 0.3) is 5.91 Å². The van der Waals surface area contributed by atoms with Crippen molar-refractivity contribution in [2.24, 2.45) is 5.73 Å². The van der Waals surface area contributed by atoms with E-state index < -0.39 is 0 Å². The van der Waals surface area contributed by atoms with E-state index in [1.807, 2.05) is 6.07 Å². The average Bonchev–Trinajstić information content (AvgIpc) is 3.03. The molecule has 7 heteroatoms. The number of hydrogen-bond donors (Lipinski definition) is 2. The van der Waals surface area contributed by atoms with Crippen LogP contribution in [0.2, 0.25) is 10.0 Å². The first-order valence-electron chi connectivity index (χ1n) is 7.44. The molecule has 0 fully saturated rings. The Balaban J connectivity index is 1.93. The van der Waals surface area contributed by atoms with Gasteiger partial charge < -0.3 is 11.1 Å². The van der Waals surface area contributed by atoms with E-state index in [2.05, 4.69) is 17.2 Å². The van der Waals surface area contributed by atoms with Crippen LogP contribution in [0.15, 0.2) is 23.6 Å². The topological polar surface area (TPSA) is 68.0 Å². The van der Waals surface area contributed by atoms with Gasteiger partial charge in [0.1, 0.15) is 10.7 Å². The van der Waals surface area contributed by atoms with Crippen LogP contribution in [0.5, 0.6) is 0 Å². The van der Waals surface area contributed by atoms with Gasteiger partial charge in [-0.15, -0.1) is 11.3 Å². The van der Waals surface area contributed by atoms with Gasteiger partial charge in [-0.25, -0.2) is 4.98 Å². The van der Waals surface area contributed by atoms with Crippen LogP contribution >= 0.6 is 34.5 Å². The lowest BCUT2D eigenvalue weighted by molar-refractivity contribution is 0.0946. The van der Waals surface area contributed by atoms with E-state index in [0.717, 1.165) is 29.8 Å². The largest absolute Gasteiger partial charge is 0.347 e. The van der Waals surface area contributed by atoms with E-state index in [0.29, 0.717) is 22.3 Å². The van der Waals surface area contributed by atoms with Crippen LogP contribution in [-0.4, -0.2) is 10.9 Å². The van der Waals surface area contributed by atoms with E-state index in [9.17, 15) is 4.79 Å². The van der Waals surface area contributed by atoms with Crippen LogP contribution in [0.3, 0.4) is 0 Å². The molecule has 1 unspecified atom stereocenters. The molecular formula is C16H19Cl2N3OS. The predicted molar refractivity (Wildman–Crippen MR) is 96.2 cm³/mol. The Hall–Kier alpha value is -1.14. The van der Waals surface area contributed by atoms with Crippen molar-refractivity contribution < 1.29 is 4.79 Å². The van der Waals surface area contributed by atoms with Gasteiger partial charge in [-0.1, -0.05) is 49.0 Å². The molecule has 1 amide bonds. The molecule has 1 heterocycles. The van der Waals surface area contributed by atoms with Crippen molar-refractivity contribution in [3.05, 3.63) is 49.9 Å². The minimum absolute atomic E-state index is 0.100. The van der Waals surface area contributed by atoms with E-state index in [1.165, 1.54) is 11.3 Å². The van der Waals surface area contributed by atoms with E-state index in [4.69, 9.17) is 28.9 Å². The molecule has 2 rings (SSSR count). The first-order chi connectivity index (χ1) is 11.0. The average molecular weight is 372 g/mol. The van der Waals surface area contributed by atoms with Gasteiger partial charge in [0.2, 0.25) is 0 Å². The Bertz CT molecular complexity index is 675. The summed E-state index contributed by atoms with van der Waals surface area (Å²) in [5.41, 5.74) is 7.36. The van der Waals surface area contributed by atoms with Crippen molar-refractivity contribution in [2.75, 3.05) is 0 Å². The van der Waals surface area contributed by atoms with Crippen LogP contribution < -0.4 is 11.1 Å². The van der Waals surface area contributed by atoms with Gasteiger partial charge in [-0.2, -0.15) is 0 Å². The summed E-state index contributed by atoms with van der Waals surface area (Å²) in [6.07, 6.45) is 3.03. The molecule has 0 spiro atoms. The number of halogens is 2. The number of benzene rings is 1. The molecule has 23 heavy (non-hydrogen) atoms. The Morgan fingerprint density at radius 3 is 2.87 bits per heavy atom. The Kier molecular flexibility index (Phi) is 6.84. The monoisotopic (exact) mass is 371 g/mol. The number of thiazole rings is 1. The Labute approximate surface area is 150 Å². The van der Waals surface area contributed by atoms with Gasteiger partial charge in [0.05, 0.1) is 16.1 Å². The van der Waals surface area contributed by atoms with Gasteiger partial charge in [-0.3, -0.25) is 4.79 Å². The molecular weight excluding hydrogens is 353 g/mol. The molecule has 3 N–H and O–H groups in total. The lowest BCUT2D eigenvalue weighted by Crippen LogP contribution is -2.23. The quantitative estimate of drug-likeness (QED) is 0.748. The number of carbonyl (C=O) groups excluding carboxylic acids is 1.